The van der Waals surface area contributed by atoms with E-state index in [2.05, 4.69) is 53.6 Å². The highest BCUT2D eigenvalue weighted by Crippen LogP contribution is 2.07. The zero-order valence-electron chi connectivity index (χ0n) is 13.6. The lowest BCUT2D eigenvalue weighted by Gasteiger charge is -2.18. The van der Waals surface area contributed by atoms with Crippen molar-refractivity contribution in [1.29, 1.82) is 0 Å². The first-order valence-electron chi connectivity index (χ1n) is 7.91. The second-order valence-electron chi connectivity index (χ2n) is 5.26. The second kappa shape index (κ2) is 10.4. The topological polar surface area (TPSA) is 44.4 Å². The fraction of sp³-hybridized carbons (Fsp3) is 0.588. The molecule has 1 aromatic carbocycles. The van der Waals surface area contributed by atoms with E-state index in [0.717, 1.165) is 38.2 Å². The van der Waals surface area contributed by atoms with Crippen molar-refractivity contribution in [3.63, 3.8) is 0 Å². The number of carbonyl (C=O) groups excluding carboxylic acids is 1. The first-order chi connectivity index (χ1) is 10.2. The van der Waals surface area contributed by atoms with E-state index in [1.54, 1.807) is 0 Å². The van der Waals surface area contributed by atoms with Crippen LogP contribution in [-0.4, -0.2) is 37.5 Å². The Morgan fingerprint density at radius 1 is 1.10 bits per heavy atom. The highest BCUT2D eigenvalue weighted by atomic mass is 16.1. The maximum atomic E-state index is 11.6. The fourth-order valence-electron chi connectivity index (χ4n) is 2.18. The molecule has 4 heteroatoms. The standard InChI is InChI=1S/C17H29N3O/c1-4-20(5-2)14-16-10-8-15(9-11-16)13-19-17(21)7-6-12-18-3/h8-11,18H,4-7,12-14H2,1-3H3,(H,19,21). The van der Waals surface area contributed by atoms with Crippen LogP contribution in [0.2, 0.25) is 0 Å². The number of nitrogens with zero attached hydrogens (tertiary/aromatic N) is 1. The lowest BCUT2D eigenvalue weighted by molar-refractivity contribution is -0.121. The third-order valence-electron chi connectivity index (χ3n) is 3.64. The smallest absolute Gasteiger partial charge is 0.220 e. The molecule has 0 fully saturated rings. The molecule has 2 N–H and O–H groups in total. The average Bonchev–Trinajstić information content (AvgIpc) is 2.52. The van der Waals surface area contributed by atoms with Gasteiger partial charge >= 0.3 is 0 Å². The number of hydrogen-bond acceptors (Lipinski definition) is 3. The molecule has 0 bridgehead atoms. The summed E-state index contributed by atoms with van der Waals surface area (Å²) in [6.07, 6.45) is 1.46. The van der Waals surface area contributed by atoms with Gasteiger partial charge in [-0.3, -0.25) is 9.69 Å². The van der Waals surface area contributed by atoms with E-state index >= 15 is 0 Å². The van der Waals surface area contributed by atoms with E-state index in [4.69, 9.17) is 0 Å². The molecule has 0 atom stereocenters. The molecule has 0 aliphatic heterocycles. The molecular formula is C17H29N3O. The Morgan fingerprint density at radius 3 is 2.29 bits per heavy atom. The SMILES string of the molecule is CCN(CC)Cc1ccc(CNC(=O)CCCNC)cc1. The summed E-state index contributed by atoms with van der Waals surface area (Å²) in [7, 11) is 1.90. The molecule has 1 amide bonds. The molecule has 21 heavy (non-hydrogen) atoms. The third-order valence-corrected chi connectivity index (χ3v) is 3.64. The molecule has 1 rings (SSSR count). The minimum absolute atomic E-state index is 0.123. The highest BCUT2D eigenvalue weighted by Gasteiger charge is 2.03. The van der Waals surface area contributed by atoms with Crippen molar-refractivity contribution in [2.45, 2.75) is 39.8 Å². The van der Waals surface area contributed by atoms with Crippen molar-refractivity contribution in [3.05, 3.63) is 35.4 Å². The van der Waals surface area contributed by atoms with Gasteiger partial charge in [0.15, 0.2) is 0 Å². The van der Waals surface area contributed by atoms with Gasteiger partial charge in [-0.2, -0.15) is 0 Å². The molecule has 0 aliphatic carbocycles. The molecule has 0 saturated carbocycles. The number of hydrogen-bond donors (Lipinski definition) is 2. The molecule has 0 aromatic heterocycles. The number of carbonyl (C=O) groups is 1. The van der Waals surface area contributed by atoms with Crippen LogP contribution in [0.3, 0.4) is 0 Å². The molecule has 0 radical (unpaired) electrons. The van der Waals surface area contributed by atoms with Gasteiger partial charge in [0.25, 0.3) is 0 Å². The Kier molecular flexibility index (Phi) is 8.71. The van der Waals surface area contributed by atoms with E-state index in [0.29, 0.717) is 13.0 Å². The maximum Gasteiger partial charge on any atom is 0.220 e. The Balaban J connectivity index is 2.35. The fourth-order valence-corrected chi connectivity index (χ4v) is 2.18. The summed E-state index contributed by atoms with van der Waals surface area (Å²) in [4.78, 5) is 14.0. The van der Waals surface area contributed by atoms with Gasteiger partial charge < -0.3 is 10.6 Å². The second-order valence-corrected chi connectivity index (χ2v) is 5.26. The largest absolute Gasteiger partial charge is 0.352 e. The molecule has 0 saturated heterocycles. The van der Waals surface area contributed by atoms with E-state index in [9.17, 15) is 4.79 Å². The number of benzene rings is 1. The van der Waals surface area contributed by atoms with Gasteiger partial charge in [-0.25, -0.2) is 0 Å². The van der Waals surface area contributed by atoms with E-state index in [1.807, 2.05) is 7.05 Å². The lowest BCUT2D eigenvalue weighted by atomic mass is 10.1. The number of rotatable bonds is 10. The van der Waals surface area contributed by atoms with Crippen LogP contribution in [0, 0.1) is 0 Å². The van der Waals surface area contributed by atoms with Crippen LogP contribution in [0.15, 0.2) is 24.3 Å². The molecule has 0 heterocycles. The summed E-state index contributed by atoms with van der Waals surface area (Å²) in [5.74, 6) is 0.123. The molecule has 0 spiro atoms. The zero-order valence-corrected chi connectivity index (χ0v) is 13.6. The Morgan fingerprint density at radius 2 is 1.71 bits per heavy atom. The van der Waals surface area contributed by atoms with Gasteiger partial charge in [0.2, 0.25) is 5.91 Å². The van der Waals surface area contributed by atoms with Gasteiger partial charge in [-0.15, -0.1) is 0 Å². The highest BCUT2D eigenvalue weighted by molar-refractivity contribution is 5.75. The van der Waals surface area contributed by atoms with E-state index in [1.165, 1.54) is 5.56 Å². The monoisotopic (exact) mass is 291 g/mol. The molecular weight excluding hydrogens is 262 g/mol. The molecule has 0 unspecified atom stereocenters. The summed E-state index contributed by atoms with van der Waals surface area (Å²) >= 11 is 0. The van der Waals surface area contributed by atoms with Crippen molar-refractivity contribution in [2.75, 3.05) is 26.7 Å². The average molecular weight is 291 g/mol. The van der Waals surface area contributed by atoms with Crippen LogP contribution in [0.4, 0.5) is 0 Å². The minimum atomic E-state index is 0.123. The van der Waals surface area contributed by atoms with Crippen LogP contribution >= 0.6 is 0 Å². The predicted molar refractivity (Wildman–Crippen MR) is 88.1 cm³/mol. The molecule has 0 aliphatic rings. The van der Waals surface area contributed by atoms with Gasteiger partial charge in [0.1, 0.15) is 0 Å². The van der Waals surface area contributed by atoms with E-state index < -0.39 is 0 Å². The van der Waals surface area contributed by atoms with Gasteiger partial charge in [-0.05, 0) is 44.2 Å². The van der Waals surface area contributed by atoms with Crippen LogP contribution in [-0.2, 0) is 17.9 Å². The molecule has 4 nitrogen and oxygen atoms in total. The Labute approximate surface area is 128 Å². The molecule has 118 valence electrons. The van der Waals surface area contributed by atoms with Gasteiger partial charge in [-0.1, -0.05) is 38.1 Å². The first-order valence-corrected chi connectivity index (χ1v) is 7.91. The normalized spacial score (nSPS) is 10.9. The van der Waals surface area contributed by atoms with Gasteiger partial charge in [0, 0.05) is 19.5 Å². The Bertz CT molecular complexity index is 399. The number of amides is 1. The minimum Gasteiger partial charge on any atom is -0.352 e. The maximum absolute atomic E-state index is 11.6. The first kappa shape index (κ1) is 17.7. The third kappa shape index (κ3) is 7.25. The van der Waals surface area contributed by atoms with Crippen molar-refractivity contribution >= 4 is 5.91 Å². The predicted octanol–water partition coefficient (Wildman–Crippen LogP) is 2.14. The van der Waals surface area contributed by atoms with Crippen LogP contribution in [0.1, 0.15) is 37.8 Å². The Hall–Kier alpha value is -1.39. The summed E-state index contributed by atoms with van der Waals surface area (Å²) in [5.41, 5.74) is 2.48. The van der Waals surface area contributed by atoms with Crippen LogP contribution in [0.5, 0.6) is 0 Å². The van der Waals surface area contributed by atoms with Crippen molar-refractivity contribution < 1.29 is 4.79 Å². The number of nitrogens with one attached hydrogen (secondary N) is 2. The summed E-state index contributed by atoms with van der Waals surface area (Å²) in [5, 5.41) is 6.01. The summed E-state index contributed by atoms with van der Waals surface area (Å²) < 4.78 is 0. The van der Waals surface area contributed by atoms with E-state index in [-0.39, 0.29) is 5.91 Å². The molecule has 1 aromatic rings. The zero-order chi connectivity index (χ0) is 15.5. The summed E-state index contributed by atoms with van der Waals surface area (Å²) in [6, 6.07) is 8.51. The lowest BCUT2D eigenvalue weighted by Crippen LogP contribution is -2.24. The van der Waals surface area contributed by atoms with Crippen LogP contribution in [0.25, 0.3) is 0 Å². The van der Waals surface area contributed by atoms with Crippen molar-refractivity contribution in [2.24, 2.45) is 0 Å². The summed E-state index contributed by atoms with van der Waals surface area (Å²) in [6.45, 7) is 8.99. The van der Waals surface area contributed by atoms with Gasteiger partial charge in [0.05, 0.1) is 0 Å². The van der Waals surface area contributed by atoms with Crippen molar-refractivity contribution in [3.8, 4) is 0 Å². The van der Waals surface area contributed by atoms with Crippen LogP contribution < -0.4 is 10.6 Å². The van der Waals surface area contributed by atoms with Crippen molar-refractivity contribution in [1.82, 2.24) is 15.5 Å². The quantitative estimate of drug-likeness (QED) is 0.649.